The molecular formula is C13H21N3S. The van der Waals surface area contributed by atoms with Crippen LogP contribution in [0.3, 0.4) is 0 Å². The van der Waals surface area contributed by atoms with Crippen LogP contribution in [0.2, 0.25) is 0 Å². The molecule has 0 spiro atoms. The van der Waals surface area contributed by atoms with Gasteiger partial charge in [-0.15, -0.1) is 11.3 Å². The van der Waals surface area contributed by atoms with E-state index in [0.29, 0.717) is 0 Å². The zero-order chi connectivity index (χ0) is 11.7. The van der Waals surface area contributed by atoms with Gasteiger partial charge in [0.2, 0.25) is 0 Å². The lowest BCUT2D eigenvalue weighted by Gasteiger charge is -2.43. The van der Waals surface area contributed by atoms with Crippen LogP contribution in [0.5, 0.6) is 0 Å². The standard InChI is InChI=1S/C13H21N3S/c1-11-2-7-17-13(11)10-15-3-5-16(6-4-15)12-8-14-9-12/h2,7,12,14H,3-6,8-10H2,1H3. The van der Waals surface area contributed by atoms with Crippen LogP contribution in [-0.4, -0.2) is 55.1 Å². The van der Waals surface area contributed by atoms with Gasteiger partial charge in [0.1, 0.15) is 0 Å². The molecule has 1 aromatic heterocycles. The smallest absolute Gasteiger partial charge is 0.0346 e. The van der Waals surface area contributed by atoms with Gasteiger partial charge in [-0.25, -0.2) is 0 Å². The molecule has 4 heteroatoms. The van der Waals surface area contributed by atoms with Crippen LogP contribution < -0.4 is 5.32 Å². The molecule has 0 amide bonds. The van der Waals surface area contributed by atoms with E-state index in [2.05, 4.69) is 33.5 Å². The van der Waals surface area contributed by atoms with Crippen molar-refractivity contribution in [2.45, 2.75) is 19.5 Å². The normalized spacial score (nSPS) is 23.8. The molecule has 2 aliphatic rings. The Morgan fingerprint density at radius 2 is 2.06 bits per heavy atom. The molecule has 1 aromatic rings. The van der Waals surface area contributed by atoms with Crippen molar-refractivity contribution in [1.82, 2.24) is 15.1 Å². The summed E-state index contributed by atoms with van der Waals surface area (Å²) in [5.74, 6) is 0. The second-order valence-corrected chi connectivity index (χ2v) is 6.15. The van der Waals surface area contributed by atoms with Gasteiger partial charge in [0.15, 0.2) is 0 Å². The molecule has 0 radical (unpaired) electrons. The first-order chi connectivity index (χ1) is 8.33. The lowest BCUT2D eigenvalue weighted by atomic mass is 10.1. The number of hydrogen-bond acceptors (Lipinski definition) is 4. The van der Waals surface area contributed by atoms with E-state index in [4.69, 9.17) is 0 Å². The Balaban J connectivity index is 1.49. The fourth-order valence-corrected chi connectivity index (χ4v) is 3.53. The van der Waals surface area contributed by atoms with Gasteiger partial charge in [-0.2, -0.15) is 0 Å². The monoisotopic (exact) mass is 251 g/mol. The molecule has 3 rings (SSSR count). The summed E-state index contributed by atoms with van der Waals surface area (Å²) < 4.78 is 0. The first kappa shape index (κ1) is 11.7. The Hall–Kier alpha value is -0.420. The minimum atomic E-state index is 0.820. The van der Waals surface area contributed by atoms with Crippen LogP contribution in [0.1, 0.15) is 10.4 Å². The molecule has 0 aromatic carbocycles. The van der Waals surface area contributed by atoms with Gasteiger partial charge < -0.3 is 5.32 Å². The molecule has 2 saturated heterocycles. The minimum Gasteiger partial charge on any atom is -0.314 e. The third-order valence-corrected chi connectivity index (χ3v) is 5.03. The molecule has 0 bridgehead atoms. The van der Waals surface area contributed by atoms with Gasteiger partial charge in [-0.3, -0.25) is 9.80 Å². The fraction of sp³-hybridized carbons (Fsp3) is 0.692. The number of nitrogens with one attached hydrogen (secondary N) is 1. The molecule has 3 nitrogen and oxygen atoms in total. The van der Waals surface area contributed by atoms with Crippen molar-refractivity contribution < 1.29 is 0 Å². The molecule has 1 N–H and O–H groups in total. The van der Waals surface area contributed by atoms with Gasteiger partial charge in [0.25, 0.3) is 0 Å². The predicted octanol–water partition coefficient (Wildman–Crippen LogP) is 1.15. The maximum Gasteiger partial charge on any atom is 0.0346 e. The first-order valence-electron chi connectivity index (χ1n) is 6.53. The molecule has 0 saturated carbocycles. The average molecular weight is 251 g/mol. The number of piperazine rings is 1. The molecule has 3 heterocycles. The SMILES string of the molecule is Cc1ccsc1CN1CCN(C2CNC2)CC1. The number of nitrogens with zero attached hydrogens (tertiary/aromatic N) is 2. The first-order valence-corrected chi connectivity index (χ1v) is 7.41. The molecule has 2 fully saturated rings. The third-order valence-electron chi connectivity index (χ3n) is 4.02. The van der Waals surface area contributed by atoms with E-state index in [1.807, 2.05) is 11.3 Å². The highest BCUT2D eigenvalue weighted by Gasteiger charge is 2.27. The number of thiophene rings is 1. The zero-order valence-corrected chi connectivity index (χ0v) is 11.3. The molecular weight excluding hydrogens is 230 g/mol. The van der Waals surface area contributed by atoms with E-state index in [9.17, 15) is 0 Å². The highest BCUT2D eigenvalue weighted by Crippen LogP contribution is 2.19. The van der Waals surface area contributed by atoms with Crippen molar-refractivity contribution in [3.05, 3.63) is 21.9 Å². The highest BCUT2D eigenvalue weighted by molar-refractivity contribution is 7.10. The van der Waals surface area contributed by atoms with E-state index >= 15 is 0 Å². The maximum atomic E-state index is 3.36. The van der Waals surface area contributed by atoms with Gasteiger partial charge in [0, 0.05) is 56.7 Å². The van der Waals surface area contributed by atoms with Crippen molar-refractivity contribution in [3.8, 4) is 0 Å². The molecule has 2 aliphatic heterocycles. The molecule has 0 unspecified atom stereocenters. The molecule has 0 aliphatic carbocycles. The fourth-order valence-electron chi connectivity index (χ4n) is 2.59. The van der Waals surface area contributed by atoms with E-state index in [-0.39, 0.29) is 0 Å². The maximum absolute atomic E-state index is 3.36. The third kappa shape index (κ3) is 2.55. The van der Waals surface area contributed by atoms with Crippen LogP contribution in [0.4, 0.5) is 0 Å². The summed E-state index contributed by atoms with van der Waals surface area (Å²) >= 11 is 1.90. The molecule has 17 heavy (non-hydrogen) atoms. The predicted molar refractivity (Wildman–Crippen MR) is 72.6 cm³/mol. The topological polar surface area (TPSA) is 18.5 Å². The quantitative estimate of drug-likeness (QED) is 0.869. The lowest BCUT2D eigenvalue weighted by molar-refractivity contribution is 0.0699. The van der Waals surface area contributed by atoms with E-state index in [0.717, 1.165) is 12.6 Å². The molecule has 94 valence electrons. The average Bonchev–Trinajstić information content (AvgIpc) is 2.65. The second-order valence-electron chi connectivity index (χ2n) is 5.15. The molecule has 0 atom stereocenters. The van der Waals surface area contributed by atoms with E-state index in [1.54, 1.807) is 4.88 Å². The zero-order valence-electron chi connectivity index (χ0n) is 10.5. The number of hydrogen-bond donors (Lipinski definition) is 1. The van der Waals surface area contributed by atoms with Crippen molar-refractivity contribution in [1.29, 1.82) is 0 Å². The largest absolute Gasteiger partial charge is 0.314 e. The summed E-state index contributed by atoms with van der Waals surface area (Å²) in [5.41, 5.74) is 1.46. The number of aryl methyl sites for hydroxylation is 1. The van der Waals surface area contributed by atoms with Crippen molar-refractivity contribution in [2.75, 3.05) is 39.3 Å². The Bertz CT molecular complexity index is 364. The van der Waals surface area contributed by atoms with Gasteiger partial charge >= 0.3 is 0 Å². The minimum absolute atomic E-state index is 0.820. The van der Waals surface area contributed by atoms with Crippen LogP contribution in [0, 0.1) is 6.92 Å². The summed E-state index contributed by atoms with van der Waals surface area (Å²) in [6.45, 7) is 10.7. The summed E-state index contributed by atoms with van der Waals surface area (Å²) in [5, 5.41) is 5.57. The highest BCUT2D eigenvalue weighted by atomic mass is 32.1. The summed E-state index contributed by atoms with van der Waals surface area (Å²) in [4.78, 5) is 6.79. The van der Waals surface area contributed by atoms with Crippen molar-refractivity contribution >= 4 is 11.3 Å². The Morgan fingerprint density at radius 1 is 1.29 bits per heavy atom. The second kappa shape index (κ2) is 5.06. The summed E-state index contributed by atoms with van der Waals surface area (Å²) in [6, 6.07) is 3.05. The lowest BCUT2D eigenvalue weighted by Crippen LogP contribution is -2.61. The number of rotatable bonds is 3. The van der Waals surface area contributed by atoms with Gasteiger partial charge in [-0.05, 0) is 23.9 Å². The van der Waals surface area contributed by atoms with Crippen molar-refractivity contribution in [3.63, 3.8) is 0 Å². The summed E-state index contributed by atoms with van der Waals surface area (Å²) in [7, 11) is 0. The van der Waals surface area contributed by atoms with Crippen LogP contribution in [0.15, 0.2) is 11.4 Å². The Labute approximate surface area is 107 Å². The Morgan fingerprint density at radius 3 is 2.59 bits per heavy atom. The van der Waals surface area contributed by atoms with Crippen molar-refractivity contribution in [2.24, 2.45) is 0 Å². The van der Waals surface area contributed by atoms with Gasteiger partial charge in [-0.1, -0.05) is 0 Å². The van der Waals surface area contributed by atoms with E-state index in [1.165, 1.54) is 44.8 Å². The Kier molecular flexibility index (Phi) is 3.47. The van der Waals surface area contributed by atoms with E-state index < -0.39 is 0 Å². The van der Waals surface area contributed by atoms with Crippen LogP contribution in [0.25, 0.3) is 0 Å². The van der Waals surface area contributed by atoms with Gasteiger partial charge in [0.05, 0.1) is 0 Å². The van der Waals surface area contributed by atoms with Crippen LogP contribution >= 0.6 is 11.3 Å². The summed E-state index contributed by atoms with van der Waals surface area (Å²) in [6.07, 6.45) is 0. The van der Waals surface area contributed by atoms with Crippen LogP contribution in [-0.2, 0) is 6.54 Å².